The number of para-hydroxylation sites is 1. The average molecular weight is 431 g/mol. The average Bonchev–Trinajstić information content (AvgIpc) is 2.78. The maximum absolute atomic E-state index is 13.1. The van der Waals surface area contributed by atoms with Crippen molar-refractivity contribution < 1.29 is 14.4 Å². The molecule has 3 aromatic rings. The van der Waals surface area contributed by atoms with Crippen LogP contribution in [0.5, 0.6) is 0 Å². The summed E-state index contributed by atoms with van der Waals surface area (Å²) in [6.07, 6.45) is 6.17. The number of pyridine rings is 2. The van der Waals surface area contributed by atoms with Crippen molar-refractivity contribution in [2.45, 2.75) is 32.7 Å². The Morgan fingerprint density at radius 3 is 2.72 bits per heavy atom. The van der Waals surface area contributed by atoms with Gasteiger partial charge >= 0.3 is 11.8 Å². The lowest BCUT2D eigenvalue weighted by Crippen LogP contribution is -2.46. The third-order valence-electron chi connectivity index (χ3n) is 5.87. The van der Waals surface area contributed by atoms with Gasteiger partial charge in [-0.3, -0.25) is 24.4 Å². The van der Waals surface area contributed by atoms with E-state index >= 15 is 0 Å². The highest BCUT2D eigenvalue weighted by molar-refractivity contribution is 6.39. The number of likely N-dealkylation sites (tertiary alicyclic amines) is 1. The fraction of sp³-hybridized carbons (Fsp3) is 0.292. The predicted octanol–water partition coefficient (Wildman–Crippen LogP) is 2.98. The van der Waals surface area contributed by atoms with Crippen molar-refractivity contribution in [3.63, 3.8) is 0 Å². The molecule has 1 aromatic carbocycles. The second kappa shape index (κ2) is 8.74. The molecule has 0 unspecified atom stereocenters. The van der Waals surface area contributed by atoms with Crippen molar-refractivity contribution in [1.29, 1.82) is 0 Å². The zero-order chi connectivity index (χ0) is 22.8. The van der Waals surface area contributed by atoms with Crippen LogP contribution in [-0.2, 0) is 9.59 Å². The number of piperidine rings is 1. The summed E-state index contributed by atoms with van der Waals surface area (Å²) < 4.78 is 0. The van der Waals surface area contributed by atoms with E-state index in [2.05, 4.69) is 28.3 Å². The van der Waals surface area contributed by atoms with E-state index in [1.165, 1.54) is 18.5 Å². The number of anilines is 1. The second-order valence-electron chi connectivity index (χ2n) is 8.35. The molecular weight excluding hydrogens is 406 g/mol. The van der Waals surface area contributed by atoms with Crippen LogP contribution in [-0.4, -0.2) is 39.1 Å². The minimum Gasteiger partial charge on any atom is -0.366 e. The summed E-state index contributed by atoms with van der Waals surface area (Å²) in [4.78, 5) is 47.4. The zero-order valence-corrected chi connectivity index (χ0v) is 18.0. The van der Waals surface area contributed by atoms with Crippen LogP contribution in [0.2, 0.25) is 0 Å². The minimum absolute atomic E-state index is 0.150. The lowest BCUT2D eigenvalue weighted by molar-refractivity contribution is -0.146. The molecule has 4 rings (SSSR count). The van der Waals surface area contributed by atoms with Crippen molar-refractivity contribution in [3.05, 3.63) is 65.6 Å². The van der Waals surface area contributed by atoms with Crippen LogP contribution in [0.25, 0.3) is 10.9 Å². The van der Waals surface area contributed by atoms with Gasteiger partial charge in [0.2, 0.25) is 5.91 Å². The Morgan fingerprint density at radius 2 is 1.94 bits per heavy atom. The standard InChI is InChI=1S/C24H25N5O3/c1-14-6-7-20(17-8-16-5-3-4-15(2)21(16)27-11-17)29(13-14)24(32)23(31)28-19-9-18(22(25)30)10-26-12-19/h3-5,8-12,14,20H,6-7,13H2,1-2H3,(H2,25,30)(H,28,31)/t14-,20+/m0/s1. The Balaban J connectivity index is 1.59. The third kappa shape index (κ3) is 4.30. The number of hydrogen-bond donors (Lipinski definition) is 2. The molecule has 1 saturated heterocycles. The van der Waals surface area contributed by atoms with Crippen LogP contribution in [0.3, 0.4) is 0 Å². The van der Waals surface area contributed by atoms with E-state index in [4.69, 9.17) is 5.73 Å². The predicted molar refractivity (Wildman–Crippen MR) is 121 cm³/mol. The summed E-state index contributed by atoms with van der Waals surface area (Å²) in [5.41, 5.74) is 8.58. The number of nitrogens with one attached hydrogen (secondary N) is 1. The van der Waals surface area contributed by atoms with Crippen LogP contribution in [0, 0.1) is 12.8 Å². The number of carbonyl (C=O) groups is 3. The van der Waals surface area contributed by atoms with Gasteiger partial charge in [-0.1, -0.05) is 25.1 Å². The highest BCUT2D eigenvalue weighted by atomic mass is 16.2. The largest absolute Gasteiger partial charge is 0.366 e. The highest BCUT2D eigenvalue weighted by Crippen LogP contribution is 2.34. The van der Waals surface area contributed by atoms with E-state index < -0.39 is 17.7 Å². The molecule has 3 N–H and O–H groups in total. The first-order valence-electron chi connectivity index (χ1n) is 10.6. The number of primary amides is 1. The molecule has 1 fully saturated rings. The van der Waals surface area contributed by atoms with E-state index in [0.717, 1.165) is 34.9 Å². The molecule has 0 radical (unpaired) electrons. The van der Waals surface area contributed by atoms with Gasteiger partial charge in [-0.25, -0.2) is 0 Å². The highest BCUT2D eigenvalue weighted by Gasteiger charge is 2.34. The number of hydrogen-bond acceptors (Lipinski definition) is 5. The number of nitrogens with two attached hydrogens (primary N) is 1. The van der Waals surface area contributed by atoms with Crippen LogP contribution in [0.1, 0.15) is 47.3 Å². The van der Waals surface area contributed by atoms with Crippen LogP contribution in [0.4, 0.5) is 5.69 Å². The second-order valence-corrected chi connectivity index (χ2v) is 8.35. The monoisotopic (exact) mass is 431 g/mol. The first kappa shape index (κ1) is 21.4. The van der Waals surface area contributed by atoms with Gasteiger partial charge in [-0.05, 0) is 48.9 Å². The number of aryl methyl sites for hydroxylation is 1. The molecule has 0 bridgehead atoms. The fourth-order valence-corrected chi connectivity index (χ4v) is 4.19. The summed E-state index contributed by atoms with van der Waals surface area (Å²) >= 11 is 0. The molecule has 0 aliphatic carbocycles. The van der Waals surface area contributed by atoms with Gasteiger partial charge < -0.3 is 16.0 Å². The molecule has 164 valence electrons. The van der Waals surface area contributed by atoms with Gasteiger partial charge in [0.25, 0.3) is 0 Å². The molecule has 2 atom stereocenters. The van der Waals surface area contributed by atoms with E-state index in [1.807, 2.05) is 25.1 Å². The number of aromatic nitrogens is 2. The van der Waals surface area contributed by atoms with Gasteiger partial charge in [-0.15, -0.1) is 0 Å². The Morgan fingerprint density at radius 1 is 1.12 bits per heavy atom. The number of fused-ring (bicyclic) bond motifs is 1. The normalized spacial score (nSPS) is 18.4. The molecule has 0 saturated carbocycles. The molecule has 0 spiro atoms. The molecular formula is C24H25N5O3. The zero-order valence-electron chi connectivity index (χ0n) is 18.0. The van der Waals surface area contributed by atoms with Crippen LogP contribution < -0.4 is 11.1 Å². The smallest absolute Gasteiger partial charge is 0.313 e. The lowest BCUT2D eigenvalue weighted by atomic mass is 9.90. The summed E-state index contributed by atoms with van der Waals surface area (Å²) in [5, 5.41) is 3.55. The number of rotatable bonds is 3. The van der Waals surface area contributed by atoms with Crippen LogP contribution >= 0.6 is 0 Å². The summed E-state index contributed by atoms with van der Waals surface area (Å²) in [6, 6.07) is 9.20. The Kier molecular flexibility index (Phi) is 5.85. The molecule has 1 aliphatic rings. The molecule has 8 heteroatoms. The van der Waals surface area contributed by atoms with Gasteiger partial charge in [0.05, 0.1) is 29.0 Å². The quantitative estimate of drug-likeness (QED) is 0.618. The number of amides is 3. The first-order valence-corrected chi connectivity index (χ1v) is 10.6. The first-order chi connectivity index (χ1) is 15.3. The third-order valence-corrected chi connectivity index (χ3v) is 5.87. The summed E-state index contributed by atoms with van der Waals surface area (Å²) in [6.45, 7) is 4.55. The van der Waals surface area contributed by atoms with Crippen molar-refractivity contribution in [2.24, 2.45) is 11.7 Å². The lowest BCUT2D eigenvalue weighted by Gasteiger charge is -2.38. The number of carbonyl (C=O) groups excluding carboxylic acids is 3. The maximum atomic E-state index is 13.1. The summed E-state index contributed by atoms with van der Waals surface area (Å²) in [5.74, 6) is -1.80. The van der Waals surface area contributed by atoms with Crippen molar-refractivity contribution >= 4 is 34.3 Å². The molecule has 1 aliphatic heterocycles. The van der Waals surface area contributed by atoms with Gasteiger partial charge in [-0.2, -0.15) is 0 Å². The number of nitrogens with zero attached hydrogens (tertiary/aromatic N) is 3. The maximum Gasteiger partial charge on any atom is 0.313 e. The van der Waals surface area contributed by atoms with E-state index in [0.29, 0.717) is 6.54 Å². The van der Waals surface area contributed by atoms with E-state index in [1.54, 1.807) is 11.1 Å². The molecule has 8 nitrogen and oxygen atoms in total. The van der Waals surface area contributed by atoms with Crippen LogP contribution in [0.15, 0.2) is 48.9 Å². The summed E-state index contributed by atoms with van der Waals surface area (Å²) in [7, 11) is 0. The Hall–Kier alpha value is -3.81. The molecule has 3 heterocycles. The van der Waals surface area contributed by atoms with Gasteiger partial charge in [0.1, 0.15) is 0 Å². The van der Waals surface area contributed by atoms with Crippen molar-refractivity contribution in [1.82, 2.24) is 14.9 Å². The van der Waals surface area contributed by atoms with E-state index in [-0.39, 0.29) is 23.2 Å². The van der Waals surface area contributed by atoms with Crippen molar-refractivity contribution in [3.8, 4) is 0 Å². The molecule has 3 amide bonds. The SMILES string of the molecule is Cc1cccc2cc([C@H]3CC[C@H](C)CN3C(=O)C(=O)Nc3cncc(C(N)=O)c3)cnc12. The number of benzene rings is 1. The van der Waals surface area contributed by atoms with Crippen molar-refractivity contribution in [2.75, 3.05) is 11.9 Å². The Labute approximate surface area is 185 Å². The molecule has 2 aromatic heterocycles. The van der Waals surface area contributed by atoms with E-state index in [9.17, 15) is 14.4 Å². The Bertz CT molecular complexity index is 1210. The fourth-order valence-electron chi connectivity index (χ4n) is 4.19. The topological polar surface area (TPSA) is 118 Å². The van der Waals surface area contributed by atoms with Gasteiger partial charge in [0, 0.05) is 24.3 Å². The molecule has 32 heavy (non-hydrogen) atoms. The van der Waals surface area contributed by atoms with Gasteiger partial charge in [0.15, 0.2) is 0 Å². The minimum atomic E-state index is -0.780.